The number of anilines is 3. The van der Waals surface area contributed by atoms with Crippen LogP contribution in [0, 0.1) is 11.8 Å². The molecule has 0 amide bonds. The van der Waals surface area contributed by atoms with Crippen molar-refractivity contribution in [2.24, 2.45) is 11.8 Å². The standard InChI is InChI=1S/C65H53NS/c1-4-44-39-43(2)40-52(41-44)65(3)60-18-10-8-16-58(60)64-56(17-12-19-61(64)65)51-27-25-48(26-28-51)46-21-23-47(24-22-46)50-31-35-54(36-32-50)66(53-33-29-49(30-34-53)45-13-6-5-7-14-45)55-37-38-63-59(42-55)57-15-9-11-20-62(57)67-63/h5-38,40,42-44H,4,39,41H2,1-3H3. The van der Waals surface area contributed by atoms with Crippen LogP contribution >= 0.6 is 11.3 Å². The lowest BCUT2D eigenvalue weighted by molar-refractivity contribution is 0.373. The lowest BCUT2D eigenvalue weighted by atomic mass is 9.66. The van der Waals surface area contributed by atoms with Crippen LogP contribution in [-0.4, -0.2) is 0 Å². The van der Waals surface area contributed by atoms with Gasteiger partial charge in [-0.15, -0.1) is 11.3 Å². The van der Waals surface area contributed by atoms with Crippen LogP contribution in [0.2, 0.25) is 0 Å². The monoisotopic (exact) mass is 879 g/mol. The molecule has 2 heteroatoms. The van der Waals surface area contributed by atoms with Crippen molar-refractivity contribution in [3.63, 3.8) is 0 Å². The van der Waals surface area contributed by atoms with Gasteiger partial charge in [-0.05, 0) is 147 Å². The van der Waals surface area contributed by atoms with E-state index < -0.39 is 0 Å². The first-order valence-electron chi connectivity index (χ1n) is 24.1. The Kier molecular flexibility index (Phi) is 10.4. The average Bonchev–Trinajstić information content (AvgIpc) is 3.90. The smallest absolute Gasteiger partial charge is 0.0468 e. The molecule has 9 aromatic carbocycles. The number of hydrogen-bond acceptors (Lipinski definition) is 2. The third kappa shape index (κ3) is 7.23. The Morgan fingerprint density at radius 1 is 0.478 bits per heavy atom. The Morgan fingerprint density at radius 3 is 1.64 bits per heavy atom. The van der Waals surface area contributed by atoms with Gasteiger partial charge in [0.2, 0.25) is 0 Å². The van der Waals surface area contributed by atoms with E-state index in [0.717, 1.165) is 23.0 Å². The van der Waals surface area contributed by atoms with E-state index in [1.165, 1.54) is 106 Å². The predicted octanol–water partition coefficient (Wildman–Crippen LogP) is 18.9. The Balaban J connectivity index is 0.830. The number of benzene rings is 9. The Labute approximate surface area is 399 Å². The zero-order chi connectivity index (χ0) is 45.1. The molecule has 10 aromatic rings. The Hall–Kier alpha value is -7.26. The second kappa shape index (κ2) is 16.9. The maximum atomic E-state index is 2.61. The molecule has 0 saturated carbocycles. The normalized spacial score (nSPS) is 17.6. The first kappa shape index (κ1) is 41.2. The van der Waals surface area contributed by atoms with Gasteiger partial charge in [-0.1, -0.05) is 196 Å². The van der Waals surface area contributed by atoms with Crippen molar-refractivity contribution in [2.45, 2.75) is 45.4 Å². The van der Waals surface area contributed by atoms with Gasteiger partial charge in [0.05, 0.1) is 0 Å². The van der Waals surface area contributed by atoms with Crippen LogP contribution in [0.15, 0.2) is 224 Å². The molecule has 0 fully saturated rings. The third-order valence-corrected chi connectivity index (χ3v) is 16.1. The van der Waals surface area contributed by atoms with E-state index >= 15 is 0 Å². The van der Waals surface area contributed by atoms with Crippen molar-refractivity contribution in [1.29, 1.82) is 0 Å². The lowest BCUT2D eigenvalue weighted by Gasteiger charge is -2.37. The van der Waals surface area contributed by atoms with Gasteiger partial charge in [-0.2, -0.15) is 0 Å². The molecule has 0 bridgehead atoms. The van der Waals surface area contributed by atoms with E-state index in [1.54, 1.807) is 5.57 Å². The second-order valence-corrected chi connectivity index (χ2v) is 20.1. The van der Waals surface area contributed by atoms with E-state index in [-0.39, 0.29) is 5.41 Å². The fourth-order valence-corrected chi connectivity index (χ4v) is 12.5. The second-order valence-electron chi connectivity index (χ2n) is 19.0. The average molecular weight is 880 g/mol. The van der Waals surface area contributed by atoms with Crippen molar-refractivity contribution in [2.75, 3.05) is 4.90 Å². The summed E-state index contributed by atoms with van der Waals surface area (Å²) in [6, 6.07) is 78.8. The molecule has 12 rings (SSSR count). The molecule has 2 aliphatic carbocycles. The first-order valence-corrected chi connectivity index (χ1v) is 24.9. The van der Waals surface area contributed by atoms with Gasteiger partial charge >= 0.3 is 0 Å². The molecule has 0 radical (unpaired) electrons. The summed E-state index contributed by atoms with van der Waals surface area (Å²) >= 11 is 1.86. The highest BCUT2D eigenvalue weighted by Gasteiger charge is 2.44. The minimum Gasteiger partial charge on any atom is -0.310 e. The molecule has 2 aliphatic rings. The van der Waals surface area contributed by atoms with E-state index in [2.05, 4.69) is 244 Å². The fourth-order valence-electron chi connectivity index (χ4n) is 11.4. The van der Waals surface area contributed by atoms with Crippen LogP contribution in [0.25, 0.3) is 75.8 Å². The molecule has 3 unspecified atom stereocenters. The highest BCUT2D eigenvalue weighted by atomic mass is 32.1. The number of allylic oxidation sites excluding steroid dienone is 2. The SMILES string of the molecule is CCC1CC(C2(C)c3ccccc3-c3c(-c4ccc(-c5ccc(-c6ccc(N(c7ccc(-c8ccccc8)cc7)c7ccc8sc9ccccc9c8c7)cc6)cc5)cc4)cccc32)=CC(C)C1. The molecule has 324 valence electrons. The van der Waals surface area contributed by atoms with Gasteiger partial charge in [0.25, 0.3) is 0 Å². The largest absolute Gasteiger partial charge is 0.310 e. The minimum atomic E-state index is -0.116. The summed E-state index contributed by atoms with van der Waals surface area (Å²) in [5.41, 5.74) is 20.4. The number of thiophene rings is 1. The summed E-state index contributed by atoms with van der Waals surface area (Å²) in [6.07, 6.45) is 6.33. The van der Waals surface area contributed by atoms with Gasteiger partial charge in [0, 0.05) is 42.6 Å². The summed E-state index contributed by atoms with van der Waals surface area (Å²) < 4.78 is 2.62. The molecular formula is C65H53NS. The van der Waals surface area contributed by atoms with E-state index in [1.807, 2.05) is 11.3 Å². The zero-order valence-electron chi connectivity index (χ0n) is 38.4. The molecule has 0 aliphatic heterocycles. The number of fused-ring (bicyclic) bond motifs is 6. The highest BCUT2D eigenvalue weighted by molar-refractivity contribution is 7.25. The van der Waals surface area contributed by atoms with Crippen molar-refractivity contribution in [3.05, 3.63) is 235 Å². The van der Waals surface area contributed by atoms with Gasteiger partial charge in [-0.25, -0.2) is 0 Å². The van der Waals surface area contributed by atoms with Gasteiger partial charge in [0.15, 0.2) is 0 Å². The van der Waals surface area contributed by atoms with Crippen molar-refractivity contribution < 1.29 is 0 Å². The fraction of sp³-hybridized carbons (Fsp3) is 0.138. The quantitative estimate of drug-likeness (QED) is 0.131. The maximum absolute atomic E-state index is 2.61. The van der Waals surface area contributed by atoms with Gasteiger partial charge in [-0.3, -0.25) is 0 Å². The van der Waals surface area contributed by atoms with E-state index in [4.69, 9.17) is 0 Å². The molecule has 0 N–H and O–H groups in total. The van der Waals surface area contributed by atoms with Crippen molar-refractivity contribution in [3.8, 4) is 55.6 Å². The molecule has 0 saturated heterocycles. The number of rotatable bonds is 9. The van der Waals surface area contributed by atoms with Crippen LogP contribution in [-0.2, 0) is 5.41 Å². The molecule has 0 spiro atoms. The molecule has 67 heavy (non-hydrogen) atoms. The minimum absolute atomic E-state index is 0.116. The van der Waals surface area contributed by atoms with Crippen LogP contribution in [0.1, 0.15) is 51.2 Å². The van der Waals surface area contributed by atoms with Gasteiger partial charge in [0.1, 0.15) is 0 Å². The molecular weight excluding hydrogens is 827 g/mol. The van der Waals surface area contributed by atoms with Crippen molar-refractivity contribution in [1.82, 2.24) is 0 Å². The third-order valence-electron chi connectivity index (χ3n) is 15.0. The molecule has 1 aromatic heterocycles. The van der Waals surface area contributed by atoms with Crippen molar-refractivity contribution >= 4 is 48.6 Å². The Morgan fingerprint density at radius 2 is 0.985 bits per heavy atom. The highest BCUT2D eigenvalue weighted by Crippen LogP contribution is 2.57. The molecule has 1 nitrogen and oxygen atoms in total. The lowest BCUT2D eigenvalue weighted by Crippen LogP contribution is -2.28. The summed E-state index contributed by atoms with van der Waals surface area (Å²) in [7, 11) is 0. The maximum Gasteiger partial charge on any atom is 0.0468 e. The number of hydrogen-bond donors (Lipinski definition) is 0. The van der Waals surface area contributed by atoms with Crippen LogP contribution in [0.4, 0.5) is 17.1 Å². The molecule has 1 heterocycles. The summed E-state index contributed by atoms with van der Waals surface area (Å²) in [5.74, 6) is 1.36. The summed E-state index contributed by atoms with van der Waals surface area (Å²) in [4.78, 5) is 2.38. The zero-order valence-corrected chi connectivity index (χ0v) is 39.2. The predicted molar refractivity (Wildman–Crippen MR) is 288 cm³/mol. The Bertz CT molecular complexity index is 3450. The van der Waals surface area contributed by atoms with Crippen LogP contribution in [0.3, 0.4) is 0 Å². The summed E-state index contributed by atoms with van der Waals surface area (Å²) in [6.45, 7) is 7.27. The molecule has 3 atom stereocenters. The van der Waals surface area contributed by atoms with Crippen LogP contribution in [0.5, 0.6) is 0 Å². The van der Waals surface area contributed by atoms with Gasteiger partial charge < -0.3 is 4.90 Å². The van der Waals surface area contributed by atoms with E-state index in [9.17, 15) is 0 Å². The van der Waals surface area contributed by atoms with E-state index in [0.29, 0.717) is 5.92 Å². The number of nitrogens with zero attached hydrogens (tertiary/aromatic N) is 1. The van der Waals surface area contributed by atoms with Crippen LogP contribution < -0.4 is 4.90 Å². The topological polar surface area (TPSA) is 3.24 Å². The summed E-state index contributed by atoms with van der Waals surface area (Å²) in [5, 5.41) is 2.60. The first-order chi connectivity index (χ1) is 32.9.